The zero-order valence-electron chi connectivity index (χ0n) is 19.0. The van der Waals surface area contributed by atoms with Gasteiger partial charge in [0.25, 0.3) is 21.8 Å². The summed E-state index contributed by atoms with van der Waals surface area (Å²) < 4.78 is 27.9. The molecule has 7 nitrogen and oxygen atoms in total. The fourth-order valence-corrected chi connectivity index (χ4v) is 4.95. The van der Waals surface area contributed by atoms with Crippen LogP contribution in [0.3, 0.4) is 0 Å². The van der Waals surface area contributed by atoms with Crippen LogP contribution < -0.4 is 10.0 Å². The normalized spacial score (nSPS) is 13.9. The molecule has 0 bridgehead atoms. The number of benzene rings is 3. The molecule has 2 amide bonds. The maximum atomic E-state index is 13.0. The molecule has 1 saturated heterocycles. The number of para-hydroxylation sites is 1. The summed E-state index contributed by atoms with van der Waals surface area (Å²) in [6.07, 6.45) is 3.07. The number of likely N-dealkylation sites (tertiary alicyclic amines) is 1. The Morgan fingerprint density at radius 1 is 0.853 bits per heavy atom. The van der Waals surface area contributed by atoms with Gasteiger partial charge in [-0.25, -0.2) is 8.42 Å². The first-order chi connectivity index (χ1) is 16.3. The van der Waals surface area contributed by atoms with E-state index in [1.165, 1.54) is 18.2 Å². The Hall–Kier alpha value is -3.65. The molecule has 0 spiro atoms. The second-order valence-electron chi connectivity index (χ2n) is 8.35. The highest BCUT2D eigenvalue weighted by atomic mass is 32.2. The number of piperidine rings is 1. The topological polar surface area (TPSA) is 95.6 Å². The van der Waals surface area contributed by atoms with Crippen molar-refractivity contribution in [2.24, 2.45) is 0 Å². The molecule has 1 heterocycles. The lowest BCUT2D eigenvalue weighted by atomic mass is 10.1. The molecule has 34 heavy (non-hydrogen) atoms. The van der Waals surface area contributed by atoms with Crippen molar-refractivity contribution in [3.63, 3.8) is 0 Å². The Balaban J connectivity index is 1.51. The Bertz CT molecular complexity index is 1300. The van der Waals surface area contributed by atoms with Crippen molar-refractivity contribution >= 4 is 33.2 Å². The number of nitrogens with one attached hydrogen (secondary N) is 2. The van der Waals surface area contributed by atoms with E-state index in [4.69, 9.17) is 0 Å². The molecule has 1 aliphatic rings. The predicted molar refractivity (Wildman–Crippen MR) is 133 cm³/mol. The lowest BCUT2D eigenvalue weighted by Crippen LogP contribution is -2.36. The monoisotopic (exact) mass is 477 g/mol. The zero-order valence-corrected chi connectivity index (χ0v) is 19.8. The molecule has 2 N–H and O–H groups in total. The zero-order chi connectivity index (χ0) is 24.1. The van der Waals surface area contributed by atoms with Gasteiger partial charge in [-0.3, -0.25) is 14.3 Å². The molecule has 0 aliphatic carbocycles. The summed E-state index contributed by atoms with van der Waals surface area (Å²) in [6, 6.07) is 19.7. The van der Waals surface area contributed by atoms with Crippen LogP contribution in [0.4, 0.5) is 11.4 Å². The molecule has 0 saturated carbocycles. The number of carbonyl (C=O) groups is 2. The van der Waals surface area contributed by atoms with E-state index in [0.29, 0.717) is 24.3 Å². The van der Waals surface area contributed by atoms with Gasteiger partial charge in [-0.2, -0.15) is 0 Å². The van der Waals surface area contributed by atoms with E-state index >= 15 is 0 Å². The molecular formula is C26H27N3O4S. The molecule has 0 unspecified atom stereocenters. The summed E-state index contributed by atoms with van der Waals surface area (Å²) in [4.78, 5) is 27.9. The van der Waals surface area contributed by atoms with Crippen molar-refractivity contribution in [2.75, 3.05) is 23.1 Å². The summed E-state index contributed by atoms with van der Waals surface area (Å²) in [7, 11) is -3.79. The van der Waals surface area contributed by atoms with Crippen LogP contribution in [0, 0.1) is 6.92 Å². The first kappa shape index (κ1) is 23.5. The SMILES string of the molecule is Cc1ccc(S(=O)(=O)Nc2cccc(C(=O)Nc3ccccc3C(=O)N3CCCCC3)c2)cc1. The fraction of sp³-hybridized carbons (Fsp3) is 0.231. The quantitative estimate of drug-likeness (QED) is 0.539. The van der Waals surface area contributed by atoms with Gasteiger partial charge in [-0.1, -0.05) is 35.9 Å². The van der Waals surface area contributed by atoms with Crippen molar-refractivity contribution in [3.8, 4) is 0 Å². The van der Waals surface area contributed by atoms with Gasteiger partial charge in [0.15, 0.2) is 0 Å². The third kappa shape index (κ3) is 5.46. The molecule has 3 aromatic rings. The van der Waals surface area contributed by atoms with Crippen molar-refractivity contribution in [1.29, 1.82) is 0 Å². The van der Waals surface area contributed by atoms with Crippen LogP contribution in [0.5, 0.6) is 0 Å². The van der Waals surface area contributed by atoms with Gasteiger partial charge in [0, 0.05) is 24.3 Å². The number of aryl methyl sites for hydroxylation is 1. The first-order valence-corrected chi connectivity index (χ1v) is 12.7. The highest BCUT2D eigenvalue weighted by Crippen LogP contribution is 2.22. The Labute approximate surface area is 199 Å². The minimum Gasteiger partial charge on any atom is -0.339 e. The van der Waals surface area contributed by atoms with E-state index in [0.717, 1.165) is 24.8 Å². The summed E-state index contributed by atoms with van der Waals surface area (Å²) in [6.45, 7) is 3.30. The number of rotatable bonds is 6. The van der Waals surface area contributed by atoms with E-state index in [9.17, 15) is 18.0 Å². The van der Waals surface area contributed by atoms with Gasteiger partial charge in [0.2, 0.25) is 0 Å². The van der Waals surface area contributed by atoms with Gasteiger partial charge >= 0.3 is 0 Å². The molecule has 0 atom stereocenters. The third-order valence-corrected chi connectivity index (χ3v) is 7.15. The number of hydrogen-bond donors (Lipinski definition) is 2. The second-order valence-corrected chi connectivity index (χ2v) is 10.0. The Morgan fingerprint density at radius 2 is 1.56 bits per heavy atom. The van der Waals surface area contributed by atoms with Gasteiger partial charge in [-0.15, -0.1) is 0 Å². The molecule has 4 rings (SSSR count). The molecule has 0 aromatic heterocycles. The van der Waals surface area contributed by atoms with E-state index < -0.39 is 15.9 Å². The maximum Gasteiger partial charge on any atom is 0.261 e. The second kappa shape index (κ2) is 10.1. The van der Waals surface area contributed by atoms with Crippen LogP contribution in [0.25, 0.3) is 0 Å². The van der Waals surface area contributed by atoms with Crippen LogP contribution in [-0.2, 0) is 10.0 Å². The van der Waals surface area contributed by atoms with Crippen LogP contribution in [0.2, 0.25) is 0 Å². The summed E-state index contributed by atoms with van der Waals surface area (Å²) in [5.41, 5.74) is 2.36. The standard InChI is InChI=1S/C26H27N3O4S/c1-19-12-14-22(15-13-19)34(32,33)28-21-9-7-8-20(18-21)25(30)27-24-11-4-3-10-23(24)26(31)29-16-5-2-6-17-29/h3-4,7-15,18,28H,2,5-6,16-17H2,1H3,(H,27,30). The molecule has 0 radical (unpaired) electrons. The van der Waals surface area contributed by atoms with Gasteiger partial charge in [0.1, 0.15) is 0 Å². The minimum absolute atomic E-state index is 0.102. The lowest BCUT2D eigenvalue weighted by molar-refractivity contribution is 0.0725. The highest BCUT2D eigenvalue weighted by Gasteiger charge is 2.22. The Morgan fingerprint density at radius 3 is 2.29 bits per heavy atom. The average molecular weight is 478 g/mol. The van der Waals surface area contributed by atoms with Crippen molar-refractivity contribution < 1.29 is 18.0 Å². The van der Waals surface area contributed by atoms with Crippen LogP contribution in [0.1, 0.15) is 45.5 Å². The predicted octanol–water partition coefficient (Wildman–Crippen LogP) is 4.67. The van der Waals surface area contributed by atoms with E-state index in [-0.39, 0.29) is 22.1 Å². The largest absolute Gasteiger partial charge is 0.339 e. The van der Waals surface area contributed by atoms with E-state index in [1.807, 2.05) is 11.8 Å². The summed E-state index contributed by atoms with van der Waals surface area (Å²) in [5.74, 6) is -0.537. The summed E-state index contributed by atoms with van der Waals surface area (Å²) in [5, 5.41) is 2.81. The Kier molecular flexibility index (Phi) is 6.98. The van der Waals surface area contributed by atoms with Crippen molar-refractivity contribution in [1.82, 2.24) is 4.90 Å². The molecular weight excluding hydrogens is 450 g/mol. The molecule has 1 fully saturated rings. The average Bonchev–Trinajstić information content (AvgIpc) is 2.84. The molecule has 8 heteroatoms. The molecule has 1 aliphatic heterocycles. The van der Waals surface area contributed by atoms with Gasteiger partial charge < -0.3 is 10.2 Å². The molecule has 176 valence electrons. The van der Waals surface area contributed by atoms with E-state index in [2.05, 4.69) is 10.0 Å². The van der Waals surface area contributed by atoms with Gasteiger partial charge in [0.05, 0.1) is 16.1 Å². The number of amides is 2. The van der Waals surface area contributed by atoms with Crippen LogP contribution in [-0.4, -0.2) is 38.2 Å². The van der Waals surface area contributed by atoms with Crippen LogP contribution in [0.15, 0.2) is 77.7 Å². The number of hydrogen-bond acceptors (Lipinski definition) is 4. The van der Waals surface area contributed by atoms with Crippen molar-refractivity contribution in [3.05, 3.63) is 89.5 Å². The van der Waals surface area contributed by atoms with E-state index in [1.54, 1.807) is 54.6 Å². The first-order valence-electron chi connectivity index (χ1n) is 11.2. The number of carbonyl (C=O) groups excluding carboxylic acids is 2. The minimum atomic E-state index is -3.79. The highest BCUT2D eigenvalue weighted by molar-refractivity contribution is 7.92. The third-order valence-electron chi connectivity index (χ3n) is 5.76. The number of nitrogens with zero attached hydrogens (tertiary/aromatic N) is 1. The summed E-state index contributed by atoms with van der Waals surface area (Å²) >= 11 is 0. The number of sulfonamides is 1. The van der Waals surface area contributed by atoms with Crippen molar-refractivity contribution in [2.45, 2.75) is 31.1 Å². The van der Waals surface area contributed by atoms with Crippen LogP contribution >= 0.6 is 0 Å². The molecule has 3 aromatic carbocycles. The fourth-order valence-electron chi connectivity index (χ4n) is 3.90. The lowest BCUT2D eigenvalue weighted by Gasteiger charge is -2.27. The smallest absolute Gasteiger partial charge is 0.261 e. The number of anilines is 2. The maximum absolute atomic E-state index is 13.0. The van der Waals surface area contributed by atoms with Gasteiger partial charge in [-0.05, 0) is 68.7 Å².